The number of nitrogens with one attached hydrogen (secondary N) is 2. The molecule has 3 aromatic rings. The maximum Gasteiger partial charge on any atom is 0.355 e. The summed E-state index contributed by atoms with van der Waals surface area (Å²) in [5.41, 5.74) is 7.98. The Morgan fingerprint density at radius 2 is 1.81 bits per heavy atom. The fourth-order valence-electron chi connectivity index (χ4n) is 4.55. The van der Waals surface area contributed by atoms with Gasteiger partial charge in [0.1, 0.15) is 5.69 Å². The van der Waals surface area contributed by atoms with Crippen LogP contribution in [0.4, 0.5) is 5.69 Å². The summed E-state index contributed by atoms with van der Waals surface area (Å²) >= 11 is 0. The molecular weight excluding hydrogens is 388 g/mol. The predicted octanol–water partition coefficient (Wildman–Crippen LogP) is 5.23. The molecule has 156 valence electrons. The van der Waals surface area contributed by atoms with Crippen molar-refractivity contribution in [3.05, 3.63) is 76.6 Å². The van der Waals surface area contributed by atoms with E-state index in [1.54, 1.807) is 6.92 Å². The summed E-state index contributed by atoms with van der Waals surface area (Å²) in [6.45, 7) is 2.14. The number of anilines is 1. The molecule has 1 aromatic heterocycles. The summed E-state index contributed by atoms with van der Waals surface area (Å²) in [6, 6.07) is 16.1. The smallest absolute Gasteiger partial charge is 0.355 e. The molecule has 0 bridgehead atoms. The van der Waals surface area contributed by atoms with Crippen LogP contribution in [0.1, 0.15) is 52.6 Å². The maximum absolute atomic E-state index is 12.8. The molecule has 1 aliphatic carbocycles. The molecule has 5 rings (SSSR count). The Morgan fingerprint density at radius 3 is 2.58 bits per heavy atom. The minimum absolute atomic E-state index is 0.128. The molecule has 1 amide bonds. The molecule has 5 heteroatoms. The van der Waals surface area contributed by atoms with E-state index in [9.17, 15) is 9.59 Å². The highest BCUT2D eigenvalue weighted by Gasteiger charge is 2.28. The third-order valence-electron chi connectivity index (χ3n) is 6.03. The molecule has 2 aromatic carbocycles. The van der Waals surface area contributed by atoms with E-state index in [1.165, 1.54) is 0 Å². The molecule has 2 N–H and O–H groups in total. The zero-order valence-electron chi connectivity index (χ0n) is 17.5. The van der Waals surface area contributed by atoms with Crippen LogP contribution in [-0.4, -0.2) is 23.5 Å². The highest BCUT2D eigenvalue weighted by molar-refractivity contribution is 6.35. The Balaban J connectivity index is 1.60. The lowest BCUT2D eigenvalue weighted by molar-refractivity contribution is -0.110. The van der Waals surface area contributed by atoms with E-state index in [-0.39, 0.29) is 11.9 Å². The number of benzene rings is 2. The largest absolute Gasteiger partial charge is 0.461 e. The van der Waals surface area contributed by atoms with Crippen molar-refractivity contribution < 1.29 is 14.3 Å². The number of H-pyrrole nitrogens is 1. The van der Waals surface area contributed by atoms with Gasteiger partial charge in [0, 0.05) is 16.9 Å². The van der Waals surface area contributed by atoms with Gasteiger partial charge in [-0.3, -0.25) is 4.79 Å². The topological polar surface area (TPSA) is 71.2 Å². The molecular formula is C26H24N2O3. The van der Waals surface area contributed by atoms with Gasteiger partial charge in [0.2, 0.25) is 0 Å². The van der Waals surface area contributed by atoms with E-state index in [4.69, 9.17) is 4.74 Å². The molecule has 0 saturated heterocycles. The van der Waals surface area contributed by atoms with Crippen LogP contribution in [0.2, 0.25) is 0 Å². The highest BCUT2D eigenvalue weighted by atomic mass is 16.5. The van der Waals surface area contributed by atoms with Gasteiger partial charge in [0.15, 0.2) is 0 Å². The van der Waals surface area contributed by atoms with Crippen LogP contribution in [0.15, 0.2) is 48.5 Å². The lowest BCUT2D eigenvalue weighted by atomic mass is 9.91. The number of hydrogen-bond acceptors (Lipinski definition) is 3. The summed E-state index contributed by atoms with van der Waals surface area (Å²) in [5.74, 6) is -0.454. The Bertz CT molecular complexity index is 1200. The van der Waals surface area contributed by atoms with Gasteiger partial charge in [-0.25, -0.2) is 4.79 Å². The molecule has 5 nitrogen and oxygen atoms in total. The monoisotopic (exact) mass is 412 g/mol. The number of hydrogen-bond donors (Lipinski definition) is 2. The fraction of sp³-hybridized carbons (Fsp3) is 0.231. The zero-order valence-corrected chi connectivity index (χ0v) is 17.5. The van der Waals surface area contributed by atoms with E-state index in [2.05, 4.69) is 28.5 Å². The van der Waals surface area contributed by atoms with Gasteiger partial charge in [0.25, 0.3) is 5.91 Å². The van der Waals surface area contributed by atoms with Crippen molar-refractivity contribution in [2.24, 2.45) is 0 Å². The molecule has 0 radical (unpaired) electrons. The van der Waals surface area contributed by atoms with Crippen molar-refractivity contribution in [2.45, 2.75) is 32.6 Å². The number of rotatable bonds is 4. The summed E-state index contributed by atoms with van der Waals surface area (Å²) < 4.78 is 5.25. The summed E-state index contributed by atoms with van der Waals surface area (Å²) in [5, 5.41) is 2.96. The summed E-state index contributed by atoms with van der Waals surface area (Å²) in [7, 11) is 0. The SMILES string of the molecule is CCOC(=O)c1[nH]c(C=C2C(=O)Nc3ccc(-c4ccccc4)cc32)c2c1CCCC2. The van der Waals surface area contributed by atoms with Crippen molar-refractivity contribution in [3.63, 3.8) is 0 Å². The van der Waals surface area contributed by atoms with Crippen LogP contribution in [-0.2, 0) is 22.4 Å². The van der Waals surface area contributed by atoms with Gasteiger partial charge in [-0.1, -0.05) is 36.4 Å². The molecule has 2 heterocycles. The van der Waals surface area contributed by atoms with Gasteiger partial charge in [-0.15, -0.1) is 0 Å². The first-order chi connectivity index (χ1) is 15.2. The van der Waals surface area contributed by atoms with Crippen LogP contribution in [0, 0.1) is 0 Å². The molecule has 0 saturated carbocycles. The first-order valence-corrected chi connectivity index (χ1v) is 10.8. The van der Waals surface area contributed by atoms with Gasteiger partial charge in [0.05, 0.1) is 12.2 Å². The van der Waals surface area contributed by atoms with Crippen LogP contribution in [0.3, 0.4) is 0 Å². The molecule has 0 fully saturated rings. The van der Waals surface area contributed by atoms with Crippen molar-refractivity contribution in [3.8, 4) is 11.1 Å². The molecule has 31 heavy (non-hydrogen) atoms. The lowest BCUT2D eigenvalue weighted by Crippen LogP contribution is -2.10. The zero-order chi connectivity index (χ0) is 21.4. The fourth-order valence-corrected chi connectivity index (χ4v) is 4.55. The first kappa shape index (κ1) is 19.4. The summed E-state index contributed by atoms with van der Waals surface area (Å²) in [4.78, 5) is 28.6. The number of amides is 1. The van der Waals surface area contributed by atoms with E-state index in [0.717, 1.165) is 64.9 Å². The number of carbonyl (C=O) groups excluding carboxylic acids is 2. The Labute approximate surface area is 181 Å². The standard InChI is InChI=1S/C26H24N2O3/c1-2-31-26(30)24-19-11-7-6-10-18(19)23(27-24)15-21-20-14-17(16-8-4-3-5-9-16)12-13-22(20)28-25(21)29/h3-5,8-9,12-15,27H,2,6-7,10-11H2,1H3,(H,28,29). The number of ether oxygens (including phenoxy) is 1. The van der Waals surface area contributed by atoms with Crippen molar-refractivity contribution >= 4 is 29.2 Å². The Morgan fingerprint density at radius 1 is 1.03 bits per heavy atom. The normalized spacial score (nSPS) is 16.0. The van der Waals surface area contributed by atoms with Gasteiger partial charge >= 0.3 is 5.97 Å². The van der Waals surface area contributed by atoms with Gasteiger partial charge in [-0.2, -0.15) is 0 Å². The average Bonchev–Trinajstić information content (AvgIpc) is 3.32. The average molecular weight is 412 g/mol. The minimum atomic E-state index is -0.326. The number of aromatic amines is 1. The van der Waals surface area contributed by atoms with E-state index >= 15 is 0 Å². The van der Waals surface area contributed by atoms with Crippen molar-refractivity contribution in [2.75, 3.05) is 11.9 Å². The first-order valence-electron chi connectivity index (χ1n) is 10.8. The molecule has 2 aliphatic rings. The molecule has 0 atom stereocenters. The summed E-state index contributed by atoms with van der Waals surface area (Å²) in [6.07, 6.45) is 5.76. The van der Waals surface area contributed by atoms with Crippen LogP contribution in [0.25, 0.3) is 22.8 Å². The van der Waals surface area contributed by atoms with Crippen molar-refractivity contribution in [1.82, 2.24) is 4.98 Å². The van der Waals surface area contributed by atoms with E-state index in [1.807, 2.05) is 36.4 Å². The third-order valence-corrected chi connectivity index (χ3v) is 6.03. The number of aromatic nitrogens is 1. The molecule has 0 spiro atoms. The van der Waals surface area contributed by atoms with Gasteiger partial charge in [-0.05, 0) is 73.1 Å². The lowest BCUT2D eigenvalue weighted by Gasteiger charge is -2.13. The maximum atomic E-state index is 12.8. The molecule has 1 aliphatic heterocycles. The van der Waals surface area contributed by atoms with Crippen molar-refractivity contribution in [1.29, 1.82) is 0 Å². The Hall–Kier alpha value is -3.60. The highest BCUT2D eigenvalue weighted by Crippen LogP contribution is 2.38. The van der Waals surface area contributed by atoms with E-state index in [0.29, 0.717) is 17.9 Å². The van der Waals surface area contributed by atoms with Gasteiger partial charge < -0.3 is 15.0 Å². The third kappa shape index (κ3) is 3.46. The van der Waals surface area contributed by atoms with Crippen LogP contribution < -0.4 is 5.32 Å². The van der Waals surface area contributed by atoms with Crippen LogP contribution in [0.5, 0.6) is 0 Å². The molecule has 0 unspecified atom stereocenters. The number of carbonyl (C=O) groups is 2. The number of fused-ring (bicyclic) bond motifs is 2. The second-order valence-corrected chi connectivity index (χ2v) is 7.94. The quantitative estimate of drug-likeness (QED) is 0.455. The predicted molar refractivity (Wildman–Crippen MR) is 122 cm³/mol. The van der Waals surface area contributed by atoms with E-state index < -0.39 is 0 Å². The van der Waals surface area contributed by atoms with Crippen LogP contribution >= 0.6 is 0 Å². The Kier molecular flexibility index (Phi) is 4.94. The second kappa shape index (κ2) is 7.91. The second-order valence-electron chi connectivity index (χ2n) is 7.94. The minimum Gasteiger partial charge on any atom is -0.461 e. The number of esters is 1.